The summed E-state index contributed by atoms with van der Waals surface area (Å²) < 4.78 is 1.87. The van der Waals surface area contributed by atoms with E-state index in [2.05, 4.69) is 51.1 Å². The zero-order valence-electron chi connectivity index (χ0n) is 16.1. The van der Waals surface area contributed by atoms with Crippen LogP contribution in [0.5, 0.6) is 0 Å². The first-order valence-electron chi connectivity index (χ1n) is 9.09. The topological polar surface area (TPSA) is 59.8 Å². The van der Waals surface area contributed by atoms with Crippen LogP contribution in [0.15, 0.2) is 36.5 Å². The van der Waals surface area contributed by atoms with Crippen molar-refractivity contribution in [1.82, 2.24) is 20.1 Å². The van der Waals surface area contributed by atoms with Gasteiger partial charge in [-0.15, -0.1) is 0 Å². The smallest absolute Gasteiger partial charge is 0.252 e. The van der Waals surface area contributed by atoms with Crippen LogP contribution in [0.3, 0.4) is 0 Å². The summed E-state index contributed by atoms with van der Waals surface area (Å²) in [6.07, 6.45) is 1.75. The van der Waals surface area contributed by atoms with Crippen molar-refractivity contribution in [3.63, 3.8) is 0 Å². The summed E-state index contributed by atoms with van der Waals surface area (Å²) >= 11 is 0. The first-order chi connectivity index (χ1) is 12.4. The van der Waals surface area contributed by atoms with Gasteiger partial charge in [-0.25, -0.2) is 9.67 Å². The Hall–Kier alpha value is -2.69. The van der Waals surface area contributed by atoms with Gasteiger partial charge in [0.05, 0.1) is 17.1 Å². The van der Waals surface area contributed by atoms with Crippen molar-refractivity contribution in [3.05, 3.63) is 58.9 Å². The summed E-state index contributed by atoms with van der Waals surface area (Å²) in [6.45, 7) is 10.8. The molecule has 0 radical (unpaired) electrons. The molecule has 3 aromatic rings. The van der Waals surface area contributed by atoms with Crippen LogP contribution < -0.4 is 5.32 Å². The molecule has 26 heavy (non-hydrogen) atoms. The highest BCUT2D eigenvalue weighted by atomic mass is 16.1. The molecule has 5 heteroatoms. The summed E-state index contributed by atoms with van der Waals surface area (Å²) in [6, 6.07) is 10.2. The van der Waals surface area contributed by atoms with Crippen molar-refractivity contribution in [1.29, 1.82) is 0 Å². The van der Waals surface area contributed by atoms with Gasteiger partial charge in [-0.05, 0) is 43.9 Å². The van der Waals surface area contributed by atoms with Gasteiger partial charge in [0.15, 0.2) is 5.65 Å². The van der Waals surface area contributed by atoms with Crippen molar-refractivity contribution < 1.29 is 4.79 Å². The predicted molar refractivity (Wildman–Crippen MR) is 104 cm³/mol. The highest BCUT2D eigenvalue weighted by Gasteiger charge is 2.18. The Balaban J connectivity index is 1.97. The van der Waals surface area contributed by atoms with E-state index < -0.39 is 0 Å². The maximum Gasteiger partial charge on any atom is 0.252 e. The van der Waals surface area contributed by atoms with Crippen molar-refractivity contribution in [2.24, 2.45) is 0 Å². The van der Waals surface area contributed by atoms with Crippen LogP contribution in [0, 0.1) is 6.92 Å². The van der Waals surface area contributed by atoms with E-state index in [0.29, 0.717) is 12.1 Å². The van der Waals surface area contributed by atoms with Gasteiger partial charge in [-0.2, -0.15) is 5.10 Å². The lowest BCUT2D eigenvalue weighted by molar-refractivity contribution is 0.0952. The minimum atomic E-state index is -0.0918. The molecule has 0 aliphatic rings. The van der Waals surface area contributed by atoms with Gasteiger partial charge >= 0.3 is 0 Å². The van der Waals surface area contributed by atoms with E-state index in [1.54, 1.807) is 6.20 Å². The van der Waals surface area contributed by atoms with E-state index in [0.717, 1.165) is 22.3 Å². The Bertz CT molecular complexity index is 940. The average molecular weight is 350 g/mol. The molecular formula is C21H26N4O. The van der Waals surface area contributed by atoms with Gasteiger partial charge in [0.1, 0.15) is 0 Å². The Kier molecular flexibility index (Phi) is 5.07. The van der Waals surface area contributed by atoms with Crippen LogP contribution >= 0.6 is 0 Å². The molecule has 0 atom stereocenters. The Morgan fingerprint density at radius 3 is 2.58 bits per heavy atom. The number of aromatic nitrogens is 3. The molecule has 0 unspecified atom stereocenters. The molecular weight excluding hydrogens is 324 g/mol. The van der Waals surface area contributed by atoms with E-state index >= 15 is 0 Å². The minimum Gasteiger partial charge on any atom is -0.348 e. The highest BCUT2D eigenvalue weighted by Crippen LogP contribution is 2.24. The molecule has 136 valence electrons. The van der Waals surface area contributed by atoms with E-state index in [1.807, 2.05) is 28.9 Å². The zero-order chi connectivity index (χ0) is 18.8. The second-order valence-corrected chi connectivity index (χ2v) is 7.28. The number of nitrogens with one attached hydrogen (secondary N) is 1. The van der Waals surface area contributed by atoms with Crippen LogP contribution in [0.25, 0.3) is 11.0 Å². The molecule has 0 aliphatic heterocycles. The number of nitrogens with zero attached hydrogens (tertiary/aromatic N) is 3. The third kappa shape index (κ3) is 3.47. The summed E-state index contributed by atoms with van der Waals surface area (Å²) in [5, 5.41) is 8.29. The van der Waals surface area contributed by atoms with Crippen molar-refractivity contribution >= 4 is 16.9 Å². The lowest BCUT2D eigenvalue weighted by Gasteiger charge is -2.13. The van der Waals surface area contributed by atoms with Gasteiger partial charge in [-0.1, -0.05) is 38.1 Å². The number of benzene rings is 1. The second-order valence-electron chi connectivity index (χ2n) is 7.28. The maximum atomic E-state index is 12.9. The fraction of sp³-hybridized carbons (Fsp3) is 0.381. The first-order valence-corrected chi connectivity index (χ1v) is 9.09. The number of carbonyl (C=O) groups is 1. The lowest BCUT2D eigenvalue weighted by atomic mass is 10.0. The number of amides is 1. The number of hydrogen-bond donors (Lipinski definition) is 1. The number of pyridine rings is 1. The number of fused-ring (bicyclic) bond motifs is 1. The van der Waals surface area contributed by atoms with E-state index in [-0.39, 0.29) is 17.9 Å². The average Bonchev–Trinajstić information content (AvgIpc) is 3.04. The van der Waals surface area contributed by atoms with Gasteiger partial charge in [0, 0.05) is 18.3 Å². The van der Waals surface area contributed by atoms with E-state index in [4.69, 9.17) is 4.98 Å². The molecule has 0 saturated carbocycles. The fourth-order valence-electron chi connectivity index (χ4n) is 2.98. The van der Waals surface area contributed by atoms with Gasteiger partial charge in [0.25, 0.3) is 5.91 Å². The normalized spacial score (nSPS) is 11.5. The monoisotopic (exact) mass is 350 g/mol. The number of hydrogen-bond acceptors (Lipinski definition) is 3. The molecule has 1 amide bonds. The Morgan fingerprint density at radius 2 is 1.92 bits per heavy atom. The van der Waals surface area contributed by atoms with Gasteiger partial charge in [-0.3, -0.25) is 4.79 Å². The van der Waals surface area contributed by atoms with Gasteiger partial charge < -0.3 is 5.32 Å². The van der Waals surface area contributed by atoms with Crippen molar-refractivity contribution in [3.8, 4) is 0 Å². The summed E-state index contributed by atoms with van der Waals surface area (Å²) in [5.41, 5.74) is 4.60. The number of aryl methyl sites for hydroxylation is 1. The standard InChI is InChI=1S/C21H26N4O/c1-13(2)19-10-17(18-12-23-25(14(3)4)20(18)24-19)21(26)22-11-16-9-7-6-8-15(16)5/h6-10,12-14H,11H2,1-5H3,(H,22,26). The Labute approximate surface area is 154 Å². The van der Waals surface area contributed by atoms with Crippen LogP contribution in [-0.4, -0.2) is 20.7 Å². The van der Waals surface area contributed by atoms with Crippen molar-refractivity contribution in [2.45, 2.75) is 53.1 Å². The number of carbonyl (C=O) groups excluding carboxylic acids is 1. The molecule has 2 aromatic heterocycles. The fourth-order valence-corrected chi connectivity index (χ4v) is 2.98. The molecule has 1 aromatic carbocycles. The molecule has 0 aliphatic carbocycles. The van der Waals surface area contributed by atoms with E-state index in [1.165, 1.54) is 5.56 Å². The third-order valence-corrected chi connectivity index (χ3v) is 4.61. The first kappa shape index (κ1) is 18.1. The molecule has 0 fully saturated rings. The van der Waals surface area contributed by atoms with E-state index in [9.17, 15) is 4.79 Å². The van der Waals surface area contributed by atoms with Crippen molar-refractivity contribution in [2.75, 3.05) is 0 Å². The molecule has 0 saturated heterocycles. The third-order valence-electron chi connectivity index (χ3n) is 4.61. The second kappa shape index (κ2) is 7.28. The molecule has 3 rings (SSSR count). The van der Waals surface area contributed by atoms with Gasteiger partial charge in [0.2, 0.25) is 0 Å². The summed E-state index contributed by atoms with van der Waals surface area (Å²) in [7, 11) is 0. The molecule has 0 bridgehead atoms. The largest absolute Gasteiger partial charge is 0.348 e. The maximum absolute atomic E-state index is 12.9. The number of rotatable bonds is 5. The Morgan fingerprint density at radius 1 is 1.19 bits per heavy atom. The quantitative estimate of drug-likeness (QED) is 0.743. The minimum absolute atomic E-state index is 0.0918. The predicted octanol–water partition coefficient (Wildman–Crippen LogP) is 4.37. The molecule has 2 heterocycles. The van der Waals surface area contributed by atoms with Crippen LogP contribution in [0.1, 0.15) is 66.8 Å². The zero-order valence-corrected chi connectivity index (χ0v) is 16.1. The van der Waals surface area contributed by atoms with Crippen LogP contribution in [0.4, 0.5) is 0 Å². The van der Waals surface area contributed by atoms with Crippen LogP contribution in [0.2, 0.25) is 0 Å². The van der Waals surface area contributed by atoms with Crippen LogP contribution in [-0.2, 0) is 6.54 Å². The SMILES string of the molecule is Cc1ccccc1CNC(=O)c1cc(C(C)C)nc2c1cnn2C(C)C. The molecule has 1 N–H and O–H groups in total. The molecule has 0 spiro atoms. The molecule has 5 nitrogen and oxygen atoms in total. The summed E-state index contributed by atoms with van der Waals surface area (Å²) in [4.78, 5) is 17.7. The lowest BCUT2D eigenvalue weighted by Crippen LogP contribution is -2.24. The highest BCUT2D eigenvalue weighted by molar-refractivity contribution is 6.05. The summed E-state index contributed by atoms with van der Waals surface area (Å²) in [5.74, 6) is 0.142.